The van der Waals surface area contributed by atoms with Crippen molar-refractivity contribution in [3.63, 3.8) is 0 Å². The molecule has 1 aromatic carbocycles. The summed E-state index contributed by atoms with van der Waals surface area (Å²) in [5.41, 5.74) is 10.4. The summed E-state index contributed by atoms with van der Waals surface area (Å²) < 4.78 is 39.2. The Morgan fingerprint density at radius 3 is 2.67 bits per heavy atom. The maximum Gasteiger partial charge on any atom is 0.245 e. The summed E-state index contributed by atoms with van der Waals surface area (Å²) in [5, 5.41) is 9.58. The number of benzene rings is 1. The van der Waals surface area contributed by atoms with E-state index in [0.717, 1.165) is 16.4 Å². The second-order valence-corrected chi connectivity index (χ2v) is 7.40. The van der Waals surface area contributed by atoms with Gasteiger partial charge in [-0.3, -0.25) is 4.79 Å². The third kappa shape index (κ3) is 2.89. The molecular weight excluding hydrogens is 369 g/mol. The molecule has 21 heavy (non-hydrogen) atoms. The fourth-order valence-electron chi connectivity index (χ4n) is 2.20. The van der Waals surface area contributed by atoms with Gasteiger partial charge in [-0.15, -0.1) is 0 Å². The Kier molecular flexibility index (Phi) is 4.24. The zero-order valence-electron chi connectivity index (χ0n) is 10.7. The van der Waals surface area contributed by atoms with Gasteiger partial charge in [0.15, 0.2) is 0 Å². The molecular formula is C11H13BrFN3O4S. The molecule has 0 aromatic heterocycles. The molecule has 2 rings (SSSR count). The minimum absolute atomic E-state index is 0.0781. The van der Waals surface area contributed by atoms with E-state index < -0.39 is 33.9 Å². The number of rotatable bonds is 3. The minimum Gasteiger partial charge on any atom is -0.398 e. The van der Waals surface area contributed by atoms with E-state index in [1.54, 1.807) is 0 Å². The highest BCUT2D eigenvalue weighted by Gasteiger charge is 2.43. The Labute approximate surface area is 128 Å². The molecule has 1 saturated heterocycles. The fourth-order valence-corrected chi connectivity index (χ4v) is 4.47. The van der Waals surface area contributed by atoms with Crippen LogP contribution < -0.4 is 11.5 Å². The van der Waals surface area contributed by atoms with Gasteiger partial charge in [-0.25, -0.2) is 12.8 Å². The number of hydrogen-bond donors (Lipinski definition) is 3. The monoisotopic (exact) mass is 381 g/mol. The van der Waals surface area contributed by atoms with Crippen LogP contribution in [0.2, 0.25) is 0 Å². The number of nitrogens with zero attached hydrogens (tertiary/aromatic N) is 1. The summed E-state index contributed by atoms with van der Waals surface area (Å²) in [4.78, 5) is 11.0. The van der Waals surface area contributed by atoms with E-state index in [9.17, 15) is 22.7 Å². The number of primary amides is 1. The lowest BCUT2D eigenvalue weighted by Gasteiger charge is -2.22. The molecule has 5 N–H and O–H groups in total. The van der Waals surface area contributed by atoms with Crippen molar-refractivity contribution in [1.82, 2.24) is 4.31 Å². The van der Waals surface area contributed by atoms with Gasteiger partial charge in [-0.2, -0.15) is 4.31 Å². The first-order valence-electron chi connectivity index (χ1n) is 5.88. The normalized spacial score (nSPS) is 23.4. The summed E-state index contributed by atoms with van der Waals surface area (Å²) in [6, 6.07) is 0.721. The number of anilines is 1. The van der Waals surface area contributed by atoms with Crippen molar-refractivity contribution >= 4 is 37.5 Å². The number of sulfonamides is 1. The summed E-state index contributed by atoms with van der Waals surface area (Å²) in [6.07, 6.45) is -1.08. The molecule has 1 fully saturated rings. The van der Waals surface area contributed by atoms with E-state index in [0.29, 0.717) is 0 Å². The lowest BCUT2D eigenvalue weighted by Crippen LogP contribution is -2.43. The highest BCUT2D eigenvalue weighted by atomic mass is 79.9. The van der Waals surface area contributed by atoms with Gasteiger partial charge in [0.1, 0.15) is 16.8 Å². The van der Waals surface area contributed by atoms with Gasteiger partial charge in [0.2, 0.25) is 15.9 Å². The molecule has 0 radical (unpaired) electrons. The maximum atomic E-state index is 13.3. The number of amides is 1. The van der Waals surface area contributed by atoms with E-state index in [2.05, 4.69) is 15.9 Å². The quantitative estimate of drug-likeness (QED) is 0.623. The van der Waals surface area contributed by atoms with Crippen LogP contribution >= 0.6 is 15.9 Å². The van der Waals surface area contributed by atoms with Crippen LogP contribution in [-0.4, -0.2) is 42.4 Å². The number of carbonyl (C=O) groups excluding carboxylic acids is 1. The van der Waals surface area contributed by atoms with Crippen LogP contribution in [0.4, 0.5) is 10.1 Å². The zero-order valence-corrected chi connectivity index (χ0v) is 13.1. The first kappa shape index (κ1) is 16.1. The molecule has 116 valence electrons. The van der Waals surface area contributed by atoms with Gasteiger partial charge in [0.25, 0.3) is 0 Å². The number of aliphatic hydroxyl groups excluding tert-OH is 1. The first-order valence-corrected chi connectivity index (χ1v) is 8.11. The highest BCUT2D eigenvalue weighted by Crippen LogP contribution is 2.32. The lowest BCUT2D eigenvalue weighted by atomic mass is 10.2. The van der Waals surface area contributed by atoms with Crippen LogP contribution in [0.15, 0.2) is 21.5 Å². The van der Waals surface area contributed by atoms with Crippen molar-refractivity contribution in [3.05, 3.63) is 22.4 Å². The molecule has 10 heteroatoms. The van der Waals surface area contributed by atoms with Crippen LogP contribution in [0.3, 0.4) is 0 Å². The maximum absolute atomic E-state index is 13.3. The molecule has 0 saturated carbocycles. The molecule has 2 atom stereocenters. The number of nitrogens with two attached hydrogens (primary N) is 2. The van der Waals surface area contributed by atoms with Gasteiger partial charge in [0.05, 0.1) is 16.3 Å². The molecule has 1 aliphatic heterocycles. The number of halogens is 2. The van der Waals surface area contributed by atoms with Crippen LogP contribution in [0, 0.1) is 5.82 Å². The van der Waals surface area contributed by atoms with Gasteiger partial charge in [-0.05, 0) is 28.1 Å². The molecule has 1 aromatic rings. The van der Waals surface area contributed by atoms with Crippen LogP contribution in [0.25, 0.3) is 0 Å². The number of carbonyl (C=O) groups is 1. The predicted molar refractivity (Wildman–Crippen MR) is 76.0 cm³/mol. The van der Waals surface area contributed by atoms with E-state index >= 15 is 0 Å². The summed E-state index contributed by atoms with van der Waals surface area (Å²) in [7, 11) is -4.18. The summed E-state index contributed by atoms with van der Waals surface area (Å²) in [5.74, 6) is -1.57. The lowest BCUT2D eigenvalue weighted by molar-refractivity contribution is -0.121. The van der Waals surface area contributed by atoms with Crippen LogP contribution in [0.1, 0.15) is 6.42 Å². The van der Waals surface area contributed by atoms with Crippen molar-refractivity contribution in [3.8, 4) is 0 Å². The average Bonchev–Trinajstić information content (AvgIpc) is 2.76. The molecule has 0 aliphatic carbocycles. The topological polar surface area (TPSA) is 127 Å². The zero-order chi connectivity index (χ0) is 15.9. The fraction of sp³-hybridized carbons (Fsp3) is 0.364. The Morgan fingerprint density at radius 2 is 2.10 bits per heavy atom. The SMILES string of the molecule is NC(=O)C1CC(O)CN1S(=O)(=O)c1cc(Br)c(F)cc1N. The Bertz CT molecular complexity index is 697. The second kappa shape index (κ2) is 5.52. The Morgan fingerprint density at radius 1 is 1.48 bits per heavy atom. The average molecular weight is 382 g/mol. The van der Waals surface area contributed by atoms with Crippen molar-refractivity contribution < 1.29 is 22.7 Å². The Balaban J connectivity index is 2.52. The third-order valence-electron chi connectivity index (χ3n) is 3.20. The van der Waals surface area contributed by atoms with Crippen LogP contribution in [-0.2, 0) is 14.8 Å². The molecule has 1 heterocycles. The highest BCUT2D eigenvalue weighted by molar-refractivity contribution is 9.10. The van der Waals surface area contributed by atoms with E-state index in [1.165, 1.54) is 0 Å². The molecule has 0 spiro atoms. The molecule has 0 bridgehead atoms. The molecule has 1 amide bonds. The van der Waals surface area contributed by atoms with Crippen molar-refractivity contribution in [2.75, 3.05) is 12.3 Å². The number of nitrogen functional groups attached to an aromatic ring is 1. The minimum atomic E-state index is -4.18. The van der Waals surface area contributed by atoms with Crippen LogP contribution in [0.5, 0.6) is 0 Å². The standard InChI is InChI=1S/C11H13BrFN3O4S/c12-6-2-10(8(14)3-7(6)13)21(19,20)16-4-5(17)1-9(16)11(15)18/h2-3,5,9,17H,1,4,14H2,(H2,15,18). The van der Waals surface area contributed by atoms with E-state index in [-0.39, 0.29) is 28.0 Å². The van der Waals surface area contributed by atoms with E-state index in [1.807, 2.05) is 0 Å². The third-order valence-corrected chi connectivity index (χ3v) is 5.74. The molecule has 2 unspecified atom stereocenters. The first-order chi connectivity index (χ1) is 9.64. The largest absolute Gasteiger partial charge is 0.398 e. The molecule has 1 aliphatic rings. The van der Waals surface area contributed by atoms with Gasteiger partial charge in [0, 0.05) is 13.0 Å². The van der Waals surface area contributed by atoms with E-state index in [4.69, 9.17) is 11.5 Å². The number of hydrogen-bond acceptors (Lipinski definition) is 5. The Hall–Kier alpha value is -1.23. The summed E-state index contributed by atoms with van der Waals surface area (Å²) >= 11 is 2.88. The second-order valence-electron chi connectivity index (χ2n) is 4.69. The smallest absolute Gasteiger partial charge is 0.245 e. The number of β-amino-alcohol motifs (C(OH)–C–C–N with tert-alkyl or cyclic N) is 1. The van der Waals surface area contributed by atoms with Gasteiger partial charge >= 0.3 is 0 Å². The van der Waals surface area contributed by atoms with Crippen molar-refractivity contribution in [2.24, 2.45) is 5.73 Å². The van der Waals surface area contributed by atoms with Crippen molar-refractivity contribution in [2.45, 2.75) is 23.5 Å². The van der Waals surface area contributed by atoms with Gasteiger partial charge < -0.3 is 16.6 Å². The van der Waals surface area contributed by atoms with Gasteiger partial charge in [-0.1, -0.05) is 0 Å². The number of aliphatic hydroxyl groups is 1. The summed E-state index contributed by atoms with van der Waals surface area (Å²) in [6.45, 7) is -0.273. The van der Waals surface area contributed by atoms with Crippen molar-refractivity contribution in [1.29, 1.82) is 0 Å². The predicted octanol–water partition coefficient (Wildman–Crippen LogP) is -0.220. The molecule has 7 nitrogen and oxygen atoms in total.